The molecule has 1 atom stereocenters. The van der Waals surface area contributed by atoms with E-state index < -0.39 is 0 Å². The van der Waals surface area contributed by atoms with Crippen LogP contribution in [0.5, 0.6) is 0 Å². The molecule has 92 valence electrons. The van der Waals surface area contributed by atoms with E-state index in [1.165, 1.54) is 19.3 Å². The lowest BCUT2D eigenvalue weighted by atomic mass is 10.0. The third-order valence-electron chi connectivity index (χ3n) is 3.12. The lowest BCUT2D eigenvalue weighted by Gasteiger charge is -2.23. The normalized spacial score (nSPS) is 19.9. The standard InChI is InChI=1S/C14H19NO2/c16-14(12-6-2-1-3-7-12)17-11-9-13-8-4-5-10-15-13/h1-3,6-7,13,15H,4-5,8-11H2. The molecule has 0 aliphatic carbocycles. The predicted octanol–water partition coefficient (Wildman–Crippen LogP) is 2.38. The van der Waals surface area contributed by atoms with Gasteiger partial charge >= 0.3 is 5.97 Å². The minimum absolute atomic E-state index is 0.221. The highest BCUT2D eigenvalue weighted by atomic mass is 16.5. The Kier molecular flexibility index (Phi) is 4.56. The number of hydrogen-bond donors (Lipinski definition) is 1. The molecule has 0 amide bonds. The first-order chi connectivity index (χ1) is 8.36. The molecular weight excluding hydrogens is 214 g/mol. The summed E-state index contributed by atoms with van der Waals surface area (Å²) in [5, 5.41) is 3.44. The fourth-order valence-corrected chi connectivity index (χ4v) is 2.12. The van der Waals surface area contributed by atoms with Crippen molar-refractivity contribution in [3.8, 4) is 0 Å². The van der Waals surface area contributed by atoms with Crippen molar-refractivity contribution in [2.45, 2.75) is 31.7 Å². The molecule has 2 rings (SSSR count). The van der Waals surface area contributed by atoms with E-state index in [4.69, 9.17) is 4.74 Å². The number of carbonyl (C=O) groups excluding carboxylic acids is 1. The molecular formula is C14H19NO2. The Morgan fingerprint density at radius 1 is 1.29 bits per heavy atom. The van der Waals surface area contributed by atoms with Crippen LogP contribution in [0.3, 0.4) is 0 Å². The molecule has 1 fully saturated rings. The Morgan fingerprint density at radius 2 is 2.12 bits per heavy atom. The molecule has 3 heteroatoms. The largest absolute Gasteiger partial charge is 0.462 e. The molecule has 1 unspecified atom stereocenters. The maximum Gasteiger partial charge on any atom is 0.338 e. The number of piperidine rings is 1. The molecule has 3 nitrogen and oxygen atoms in total. The predicted molar refractivity (Wildman–Crippen MR) is 67.0 cm³/mol. The van der Waals surface area contributed by atoms with Crippen LogP contribution in [0.2, 0.25) is 0 Å². The van der Waals surface area contributed by atoms with Gasteiger partial charge in [0.25, 0.3) is 0 Å². The van der Waals surface area contributed by atoms with E-state index >= 15 is 0 Å². The smallest absolute Gasteiger partial charge is 0.338 e. The van der Waals surface area contributed by atoms with Crippen LogP contribution >= 0.6 is 0 Å². The van der Waals surface area contributed by atoms with Crippen molar-refractivity contribution >= 4 is 5.97 Å². The summed E-state index contributed by atoms with van der Waals surface area (Å²) in [6.45, 7) is 1.60. The highest BCUT2D eigenvalue weighted by molar-refractivity contribution is 5.89. The second-order valence-corrected chi connectivity index (χ2v) is 4.44. The van der Waals surface area contributed by atoms with Crippen LogP contribution in [0.25, 0.3) is 0 Å². The minimum Gasteiger partial charge on any atom is -0.462 e. The number of rotatable bonds is 4. The van der Waals surface area contributed by atoms with Gasteiger partial charge in [-0.3, -0.25) is 0 Å². The van der Waals surface area contributed by atoms with Gasteiger partial charge in [0.2, 0.25) is 0 Å². The van der Waals surface area contributed by atoms with Gasteiger partial charge in [0, 0.05) is 6.04 Å². The average Bonchev–Trinajstić information content (AvgIpc) is 2.41. The number of carbonyl (C=O) groups is 1. The van der Waals surface area contributed by atoms with Crippen molar-refractivity contribution in [2.24, 2.45) is 0 Å². The lowest BCUT2D eigenvalue weighted by Crippen LogP contribution is -2.35. The molecule has 1 aliphatic heterocycles. The molecule has 0 bridgehead atoms. The first kappa shape index (κ1) is 12.1. The van der Waals surface area contributed by atoms with Crippen LogP contribution in [0.1, 0.15) is 36.0 Å². The van der Waals surface area contributed by atoms with E-state index in [0.29, 0.717) is 18.2 Å². The van der Waals surface area contributed by atoms with Crippen molar-refractivity contribution in [1.29, 1.82) is 0 Å². The Labute approximate surface area is 102 Å². The summed E-state index contributed by atoms with van der Waals surface area (Å²) >= 11 is 0. The number of benzene rings is 1. The molecule has 0 aromatic heterocycles. The molecule has 1 aliphatic rings. The van der Waals surface area contributed by atoms with Gasteiger partial charge in [0.05, 0.1) is 12.2 Å². The topological polar surface area (TPSA) is 38.3 Å². The van der Waals surface area contributed by atoms with Crippen molar-refractivity contribution in [3.05, 3.63) is 35.9 Å². The van der Waals surface area contributed by atoms with E-state index in [0.717, 1.165) is 13.0 Å². The zero-order chi connectivity index (χ0) is 11.9. The zero-order valence-electron chi connectivity index (χ0n) is 10.0. The zero-order valence-corrected chi connectivity index (χ0v) is 10.0. The second-order valence-electron chi connectivity index (χ2n) is 4.44. The summed E-state index contributed by atoms with van der Waals surface area (Å²) in [4.78, 5) is 11.6. The minimum atomic E-state index is -0.221. The Balaban J connectivity index is 1.69. The van der Waals surface area contributed by atoms with E-state index in [1.807, 2.05) is 18.2 Å². The van der Waals surface area contributed by atoms with Gasteiger partial charge in [-0.15, -0.1) is 0 Å². The van der Waals surface area contributed by atoms with Gasteiger partial charge < -0.3 is 10.1 Å². The maximum absolute atomic E-state index is 11.6. The summed E-state index contributed by atoms with van der Waals surface area (Å²) in [6, 6.07) is 9.66. The molecule has 1 aromatic rings. The van der Waals surface area contributed by atoms with Crippen molar-refractivity contribution < 1.29 is 9.53 Å². The Bertz CT molecular complexity index is 344. The van der Waals surface area contributed by atoms with Gasteiger partial charge in [-0.25, -0.2) is 4.79 Å². The van der Waals surface area contributed by atoms with Gasteiger partial charge in [0.15, 0.2) is 0 Å². The number of hydrogen-bond acceptors (Lipinski definition) is 3. The summed E-state index contributed by atoms with van der Waals surface area (Å²) < 4.78 is 5.25. The third kappa shape index (κ3) is 3.86. The first-order valence-electron chi connectivity index (χ1n) is 6.32. The summed E-state index contributed by atoms with van der Waals surface area (Å²) in [5.74, 6) is -0.221. The summed E-state index contributed by atoms with van der Waals surface area (Å²) in [7, 11) is 0. The van der Waals surface area contributed by atoms with E-state index in [-0.39, 0.29) is 5.97 Å². The van der Waals surface area contributed by atoms with E-state index in [9.17, 15) is 4.79 Å². The highest BCUT2D eigenvalue weighted by Crippen LogP contribution is 2.10. The van der Waals surface area contributed by atoms with Crippen molar-refractivity contribution in [2.75, 3.05) is 13.2 Å². The van der Waals surface area contributed by atoms with Crippen LogP contribution in [-0.2, 0) is 4.74 Å². The Morgan fingerprint density at radius 3 is 2.82 bits per heavy atom. The van der Waals surface area contributed by atoms with E-state index in [2.05, 4.69) is 5.32 Å². The molecule has 1 heterocycles. The number of ether oxygens (including phenoxy) is 1. The second kappa shape index (κ2) is 6.40. The fraction of sp³-hybridized carbons (Fsp3) is 0.500. The molecule has 1 N–H and O–H groups in total. The van der Waals surface area contributed by atoms with Crippen molar-refractivity contribution in [3.63, 3.8) is 0 Å². The van der Waals surface area contributed by atoms with Crippen LogP contribution in [0, 0.1) is 0 Å². The van der Waals surface area contributed by atoms with Crippen LogP contribution in [0.15, 0.2) is 30.3 Å². The SMILES string of the molecule is O=C(OCCC1CCCCN1)c1ccccc1. The quantitative estimate of drug-likeness (QED) is 0.811. The molecule has 1 saturated heterocycles. The van der Waals surface area contributed by atoms with Gasteiger partial charge in [0.1, 0.15) is 0 Å². The monoisotopic (exact) mass is 233 g/mol. The summed E-state index contributed by atoms with van der Waals surface area (Å²) in [5.41, 5.74) is 0.629. The van der Waals surface area contributed by atoms with Gasteiger partial charge in [-0.1, -0.05) is 24.6 Å². The van der Waals surface area contributed by atoms with Crippen molar-refractivity contribution in [1.82, 2.24) is 5.32 Å². The summed E-state index contributed by atoms with van der Waals surface area (Å²) in [6.07, 6.45) is 4.66. The fourth-order valence-electron chi connectivity index (χ4n) is 2.12. The lowest BCUT2D eigenvalue weighted by molar-refractivity contribution is 0.0486. The Hall–Kier alpha value is -1.35. The van der Waals surface area contributed by atoms with Crippen LogP contribution in [-0.4, -0.2) is 25.2 Å². The van der Waals surface area contributed by atoms with E-state index in [1.54, 1.807) is 12.1 Å². The molecule has 1 aromatic carbocycles. The number of nitrogens with one attached hydrogen (secondary N) is 1. The first-order valence-corrected chi connectivity index (χ1v) is 6.32. The molecule has 0 spiro atoms. The van der Waals surface area contributed by atoms with Gasteiger partial charge in [-0.2, -0.15) is 0 Å². The molecule has 17 heavy (non-hydrogen) atoms. The molecule has 0 saturated carbocycles. The average molecular weight is 233 g/mol. The number of esters is 1. The van der Waals surface area contributed by atoms with Crippen LogP contribution in [0.4, 0.5) is 0 Å². The third-order valence-corrected chi connectivity index (χ3v) is 3.12. The van der Waals surface area contributed by atoms with Gasteiger partial charge in [-0.05, 0) is 37.9 Å². The highest BCUT2D eigenvalue weighted by Gasteiger charge is 2.13. The molecule has 0 radical (unpaired) electrons. The van der Waals surface area contributed by atoms with Crippen LogP contribution < -0.4 is 5.32 Å². The maximum atomic E-state index is 11.6.